The monoisotopic (exact) mass is 399 g/mol. The molecule has 0 radical (unpaired) electrons. The van der Waals surface area contributed by atoms with Crippen LogP contribution in [0.3, 0.4) is 0 Å². The maximum Gasteiger partial charge on any atom is 0.253 e. The number of hydrogen-bond donors (Lipinski definition) is 2. The first-order valence-electron chi connectivity index (χ1n) is 9.72. The van der Waals surface area contributed by atoms with Crippen molar-refractivity contribution in [1.29, 1.82) is 0 Å². The van der Waals surface area contributed by atoms with Gasteiger partial charge in [0, 0.05) is 43.2 Å². The van der Waals surface area contributed by atoms with Crippen LogP contribution in [0.1, 0.15) is 24.2 Å². The van der Waals surface area contributed by atoms with Crippen LogP contribution < -0.4 is 15.4 Å². The number of benzene rings is 2. The molecule has 0 aliphatic carbocycles. The Kier molecular flexibility index (Phi) is 8.98. The minimum Gasteiger partial charge on any atom is -0.491 e. The van der Waals surface area contributed by atoms with Crippen molar-refractivity contribution < 1.29 is 19.1 Å². The summed E-state index contributed by atoms with van der Waals surface area (Å²) in [5.74, 6) is 0.452. The molecule has 7 heteroatoms. The zero-order chi connectivity index (χ0) is 21.1. The van der Waals surface area contributed by atoms with Crippen LogP contribution in [-0.2, 0) is 9.53 Å². The third-order valence-electron chi connectivity index (χ3n) is 4.29. The van der Waals surface area contributed by atoms with Crippen molar-refractivity contribution in [2.24, 2.45) is 0 Å². The molecule has 0 aliphatic heterocycles. The molecule has 7 nitrogen and oxygen atoms in total. The molecule has 0 aromatic heterocycles. The second kappa shape index (κ2) is 11.7. The van der Waals surface area contributed by atoms with Crippen LogP contribution in [0.25, 0.3) is 0 Å². The molecule has 2 amide bonds. The summed E-state index contributed by atoms with van der Waals surface area (Å²) in [6, 6.07) is 14.4. The van der Waals surface area contributed by atoms with Crippen molar-refractivity contribution in [1.82, 2.24) is 4.90 Å². The van der Waals surface area contributed by atoms with Gasteiger partial charge in [-0.05, 0) is 44.2 Å². The number of amides is 2. The summed E-state index contributed by atoms with van der Waals surface area (Å²) >= 11 is 0. The molecular weight excluding hydrogens is 370 g/mol. The van der Waals surface area contributed by atoms with Gasteiger partial charge in [-0.25, -0.2) is 0 Å². The average molecular weight is 399 g/mol. The largest absolute Gasteiger partial charge is 0.491 e. The molecule has 2 rings (SSSR count). The number of hydrogen-bond acceptors (Lipinski definition) is 5. The van der Waals surface area contributed by atoms with Crippen molar-refractivity contribution >= 4 is 23.2 Å². The van der Waals surface area contributed by atoms with Crippen LogP contribution >= 0.6 is 0 Å². The van der Waals surface area contributed by atoms with Gasteiger partial charge in [-0.15, -0.1) is 0 Å². The first-order chi connectivity index (χ1) is 14.1. The molecule has 2 N–H and O–H groups in total. The van der Waals surface area contributed by atoms with E-state index >= 15 is 0 Å². The maximum absolute atomic E-state index is 12.5. The van der Waals surface area contributed by atoms with E-state index in [-0.39, 0.29) is 18.4 Å². The van der Waals surface area contributed by atoms with E-state index in [2.05, 4.69) is 10.6 Å². The molecule has 29 heavy (non-hydrogen) atoms. The summed E-state index contributed by atoms with van der Waals surface area (Å²) in [5, 5.41) is 5.89. The van der Waals surface area contributed by atoms with E-state index in [1.807, 2.05) is 38.1 Å². The predicted molar refractivity (Wildman–Crippen MR) is 115 cm³/mol. The lowest BCUT2D eigenvalue weighted by atomic mass is 10.1. The van der Waals surface area contributed by atoms with Gasteiger partial charge >= 0.3 is 0 Å². The van der Waals surface area contributed by atoms with Crippen molar-refractivity contribution in [3.8, 4) is 5.75 Å². The number of carbonyl (C=O) groups is 2. The molecule has 0 atom stereocenters. The third kappa shape index (κ3) is 7.12. The molecule has 0 fully saturated rings. The van der Waals surface area contributed by atoms with Gasteiger partial charge in [-0.3, -0.25) is 9.59 Å². The molecular formula is C22H29N3O4. The summed E-state index contributed by atoms with van der Waals surface area (Å²) in [7, 11) is 1.62. The fourth-order valence-electron chi connectivity index (χ4n) is 2.75. The molecule has 0 bridgehead atoms. The lowest BCUT2D eigenvalue weighted by Crippen LogP contribution is -2.30. The number of rotatable bonds is 11. The highest BCUT2D eigenvalue weighted by atomic mass is 16.5. The van der Waals surface area contributed by atoms with Gasteiger partial charge < -0.3 is 25.0 Å². The number of anilines is 2. The van der Waals surface area contributed by atoms with E-state index in [0.29, 0.717) is 43.3 Å². The van der Waals surface area contributed by atoms with E-state index in [9.17, 15) is 9.59 Å². The number of carbonyl (C=O) groups excluding carboxylic acids is 2. The Morgan fingerprint density at radius 1 is 0.966 bits per heavy atom. The SMILES string of the molecule is CCN(CC)C(=O)c1cccc(NC(=O)CNc2cccc(OCCOC)c2)c1. The fourth-order valence-corrected chi connectivity index (χ4v) is 2.75. The van der Waals surface area contributed by atoms with E-state index in [1.54, 1.807) is 36.3 Å². The molecule has 2 aromatic rings. The Balaban J connectivity index is 1.90. The second-order valence-corrected chi connectivity index (χ2v) is 6.33. The smallest absolute Gasteiger partial charge is 0.253 e. The number of ether oxygens (including phenoxy) is 2. The Labute approximate surface area is 172 Å². The first kappa shape index (κ1) is 22.2. The van der Waals surface area contributed by atoms with Crippen LogP contribution in [0.15, 0.2) is 48.5 Å². The summed E-state index contributed by atoms with van der Waals surface area (Å²) in [5.41, 5.74) is 1.92. The highest BCUT2D eigenvalue weighted by Crippen LogP contribution is 2.17. The second-order valence-electron chi connectivity index (χ2n) is 6.33. The van der Waals surface area contributed by atoms with Crippen LogP contribution in [0.5, 0.6) is 5.75 Å². The minimum atomic E-state index is -0.205. The van der Waals surface area contributed by atoms with Crippen molar-refractivity contribution in [2.45, 2.75) is 13.8 Å². The molecule has 2 aromatic carbocycles. The maximum atomic E-state index is 12.5. The van der Waals surface area contributed by atoms with Gasteiger partial charge in [0.05, 0.1) is 13.2 Å². The predicted octanol–water partition coefficient (Wildman–Crippen LogP) is 3.24. The first-order valence-corrected chi connectivity index (χ1v) is 9.72. The van der Waals surface area contributed by atoms with Crippen molar-refractivity contribution in [3.63, 3.8) is 0 Å². The molecule has 156 valence electrons. The van der Waals surface area contributed by atoms with Gasteiger partial charge in [0.1, 0.15) is 12.4 Å². The quantitative estimate of drug-likeness (QED) is 0.567. The molecule has 0 aliphatic rings. The topological polar surface area (TPSA) is 79.9 Å². The standard InChI is InChI=1S/C22H29N3O4/c1-4-25(5-2)22(27)17-8-6-10-19(14-17)24-21(26)16-23-18-9-7-11-20(15-18)29-13-12-28-3/h6-11,14-15,23H,4-5,12-13,16H2,1-3H3,(H,24,26). The average Bonchev–Trinajstić information content (AvgIpc) is 2.74. The Morgan fingerprint density at radius 3 is 2.41 bits per heavy atom. The molecule has 0 saturated heterocycles. The Morgan fingerprint density at radius 2 is 1.69 bits per heavy atom. The molecule has 0 unspecified atom stereocenters. The fraction of sp³-hybridized carbons (Fsp3) is 0.364. The lowest BCUT2D eigenvalue weighted by molar-refractivity contribution is -0.114. The zero-order valence-electron chi connectivity index (χ0n) is 17.2. The molecule has 0 saturated carbocycles. The third-order valence-corrected chi connectivity index (χ3v) is 4.29. The highest BCUT2D eigenvalue weighted by molar-refractivity contribution is 5.98. The molecule has 0 spiro atoms. The summed E-state index contributed by atoms with van der Waals surface area (Å²) in [4.78, 5) is 26.5. The van der Waals surface area contributed by atoms with Crippen LogP contribution in [0.4, 0.5) is 11.4 Å². The lowest BCUT2D eigenvalue weighted by Gasteiger charge is -2.19. The molecule has 0 heterocycles. The van der Waals surface area contributed by atoms with E-state index in [4.69, 9.17) is 9.47 Å². The van der Waals surface area contributed by atoms with Crippen molar-refractivity contribution in [3.05, 3.63) is 54.1 Å². The van der Waals surface area contributed by atoms with Gasteiger partial charge in [-0.2, -0.15) is 0 Å². The van der Waals surface area contributed by atoms with E-state index in [0.717, 1.165) is 5.69 Å². The highest BCUT2D eigenvalue weighted by Gasteiger charge is 2.13. The zero-order valence-corrected chi connectivity index (χ0v) is 17.2. The van der Waals surface area contributed by atoms with Gasteiger partial charge in [0.25, 0.3) is 5.91 Å². The Bertz CT molecular complexity index is 806. The number of nitrogens with one attached hydrogen (secondary N) is 2. The summed E-state index contributed by atoms with van der Waals surface area (Å²) in [6.07, 6.45) is 0. The van der Waals surface area contributed by atoms with Gasteiger partial charge in [0.2, 0.25) is 5.91 Å². The van der Waals surface area contributed by atoms with Crippen molar-refractivity contribution in [2.75, 3.05) is 50.6 Å². The van der Waals surface area contributed by atoms with E-state index in [1.165, 1.54) is 0 Å². The number of methoxy groups -OCH3 is 1. The van der Waals surface area contributed by atoms with Gasteiger partial charge in [0.15, 0.2) is 0 Å². The summed E-state index contributed by atoms with van der Waals surface area (Å²) in [6.45, 7) is 6.23. The normalized spacial score (nSPS) is 10.3. The van der Waals surface area contributed by atoms with Crippen LogP contribution in [-0.4, -0.2) is 56.7 Å². The van der Waals surface area contributed by atoms with Crippen LogP contribution in [0, 0.1) is 0 Å². The van der Waals surface area contributed by atoms with E-state index < -0.39 is 0 Å². The minimum absolute atomic E-state index is 0.0467. The summed E-state index contributed by atoms with van der Waals surface area (Å²) < 4.78 is 10.5. The van der Waals surface area contributed by atoms with Crippen LogP contribution in [0.2, 0.25) is 0 Å². The Hall–Kier alpha value is -3.06. The van der Waals surface area contributed by atoms with Gasteiger partial charge in [-0.1, -0.05) is 12.1 Å². The number of nitrogens with zero attached hydrogens (tertiary/aromatic N) is 1.